The zero-order valence-electron chi connectivity index (χ0n) is 16.9. The van der Waals surface area contributed by atoms with Gasteiger partial charge in [-0.2, -0.15) is 8.42 Å². The van der Waals surface area contributed by atoms with Gasteiger partial charge in [0.2, 0.25) is 10.0 Å². The molecule has 0 spiro atoms. The van der Waals surface area contributed by atoms with E-state index in [-0.39, 0.29) is 17.6 Å². The van der Waals surface area contributed by atoms with Crippen molar-refractivity contribution < 1.29 is 25.8 Å². The summed E-state index contributed by atoms with van der Waals surface area (Å²) < 4.78 is 59.1. The van der Waals surface area contributed by atoms with E-state index >= 15 is 0 Å². The summed E-state index contributed by atoms with van der Waals surface area (Å²) in [5, 5.41) is 0.507. The van der Waals surface area contributed by atoms with E-state index in [4.69, 9.17) is 20.5 Å². The Kier molecular flexibility index (Phi) is 9.37. The Balaban J connectivity index is 1.68. The molecule has 0 N–H and O–H groups in total. The predicted octanol–water partition coefficient (Wildman–Crippen LogP) is 3.29. The van der Waals surface area contributed by atoms with Crippen LogP contribution in [0.1, 0.15) is 38.5 Å². The van der Waals surface area contributed by atoms with Crippen molar-refractivity contribution in [3.05, 3.63) is 29.3 Å². The SMILES string of the molecule is CN(C[C@H]1CC[C@H](OCCCCOS(C)(=O)=O)CC1)S(=O)(=O)c1ccc(Cl)cc1. The minimum absolute atomic E-state index is 0.181. The van der Waals surface area contributed by atoms with Gasteiger partial charge in [0, 0.05) is 25.2 Å². The first-order chi connectivity index (χ1) is 13.6. The van der Waals surface area contributed by atoms with E-state index in [1.807, 2.05) is 0 Å². The maximum Gasteiger partial charge on any atom is 0.264 e. The normalized spacial score (nSPS) is 20.8. The van der Waals surface area contributed by atoms with Gasteiger partial charge in [-0.05, 0) is 68.7 Å². The Hall–Kier alpha value is -0.710. The van der Waals surface area contributed by atoms with Crippen LogP contribution in [0.4, 0.5) is 0 Å². The second kappa shape index (κ2) is 11.1. The smallest absolute Gasteiger partial charge is 0.264 e. The van der Waals surface area contributed by atoms with E-state index in [1.165, 1.54) is 16.4 Å². The van der Waals surface area contributed by atoms with Crippen molar-refractivity contribution in [2.24, 2.45) is 5.92 Å². The molecule has 1 fully saturated rings. The van der Waals surface area contributed by atoms with Crippen LogP contribution in [0.25, 0.3) is 0 Å². The Labute approximate surface area is 179 Å². The van der Waals surface area contributed by atoms with Crippen molar-refractivity contribution in [2.75, 3.05) is 33.1 Å². The van der Waals surface area contributed by atoms with Gasteiger partial charge in [0.1, 0.15) is 0 Å². The van der Waals surface area contributed by atoms with Crippen molar-refractivity contribution in [1.82, 2.24) is 4.31 Å². The van der Waals surface area contributed by atoms with Gasteiger partial charge < -0.3 is 4.74 Å². The molecule has 10 heteroatoms. The molecular formula is C19H30ClNO6S2. The average molecular weight is 468 g/mol. The van der Waals surface area contributed by atoms with Gasteiger partial charge in [-0.3, -0.25) is 4.18 Å². The lowest BCUT2D eigenvalue weighted by molar-refractivity contribution is 0.0141. The summed E-state index contributed by atoms with van der Waals surface area (Å²) in [6.07, 6.45) is 6.25. The van der Waals surface area contributed by atoms with Crippen LogP contribution in [0.3, 0.4) is 0 Å². The van der Waals surface area contributed by atoms with Crippen molar-refractivity contribution in [3.63, 3.8) is 0 Å². The zero-order chi connectivity index (χ0) is 21.5. The largest absolute Gasteiger partial charge is 0.378 e. The fourth-order valence-corrected chi connectivity index (χ4v) is 5.19. The van der Waals surface area contributed by atoms with Crippen molar-refractivity contribution in [2.45, 2.75) is 49.5 Å². The number of hydrogen-bond donors (Lipinski definition) is 0. The second-order valence-corrected chi connectivity index (χ2v) is 11.6. The molecule has 0 atom stereocenters. The quantitative estimate of drug-likeness (QED) is 0.366. The van der Waals surface area contributed by atoms with Gasteiger partial charge in [-0.15, -0.1) is 0 Å². The number of halogens is 1. The molecular weight excluding hydrogens is 438 g/mol. The third-order valence-corrected chi connectivity index (χ3v) is 7.70. The molecule has 2 rings (SSSR count). The van der Waals surface area contributed by atoms with Crippen molar-refractivity contribution in [3.8, 4) is 0 Å². The van der Waals surface area contributed by atoms with Crippen LogP contribution in [0.15, 0.2) is 29.2 Å². The fraction of sp³-hybridized carbons (Fsp3) is 0.684. The molecule has 0 amide bonds. The van der Waals surface area contributed by atoms with E-state index in [0.29, 0.717) is 30.5 Å². The number of benzene rings is 1. The van der Waals surface area contributed by atoms with Crippen molar-refractivity contribution >= 4 is 31.7 Å². The van der Waals surface area contributed by atoms with Crippen LogP contribution in [-0.2, 0) is 29.1 Å². The zero-order valence-corrected chi connectivity index (χ0v) is 19.3. The highest BCUT2D eigenvalue weighted by atomic mass is 35.5. The van der Waals surface area contributed by atoms with Gasteiger partial charge in [0.05, 0.1) is 23.9 Å². The first kappa shape index (κ1) is 24.6. The number of nitrogens with zero attached hydrogens (tertiary/aromatic N) is 1. The van der Waals surface area contributed by atoms with Crippen LogP contribution in [0.2, 0.25) is 5.02 Å². The van der Waals surface area contributed by atoms with E-state index in [2.05, 4.69) is 0 Å². The molecule has 166 valence electrons. The van der Waals surface area contributed by atoms with Gasteiger partial charge in [-0.1, -0.05) is 11.6 Å². The number of sulfonamides is 1. The molecule has 0 aliphatic heterocycles. The lowest BCUT2D eigenvalue weighted by Crippen LogP contribution is -2.34. The first-order valence-corrected chi connectivity index (χ1v) is 13.4. The minimum Gasteiger partial charge on any atom is -0.378 e. The Morgan fingerprint density at radius 3 is 2.17 bits per heavy atom. The molecule has 0 unspecified atom stereocenters. The maximum absolute atomic E-state index is 12.7. The van der Waals surface area contributed by atoms with E-state index in [9.17, 15) is 16.8 Å². The summed E-state index contributed by atoms with van der Waals surface area (Å²) in [5.41, 5.74) is 0. The highest BCUT2D eigenvalue weighted by Crippen LogP contribution is 2.28. The van der Waals surface area contributed by atoms with Crippen LogP contribution >= 0.6 is 11.6 Å². The Bertz CT molecular complexity index is 834. The van der Waals surface area contributed by atoms with Crippen LogP contribution in [0.5, 0.6) is 0 Å². The molecule has 1 aliphatic rings. The van der Waals surface area contributed by atoms with E-state index in [1.54, 1.807) is 19.2 Å². The molecule has 0 saturated heterocycles. The molecule has 29 heavy (non-hydrogen) atoms. The summed E-state index contributed by atoms with van der Waals surface area (Å²) in [6, 6.07) is 6.22. The van der Waals surface area contributed by atoms with E-state index < -0.39 is 20.1 Å². The topological polar surface area (TPSA) is 90.0 Å². The molecule has 1 aromatic rings. The summed E-state index contributed by atoms with van der Waals surface area (Å²) in [5.74, 6) is 0.310. The van der Waals surface area contributed by atoms with Crippen LogP contribution in [-0.4, -0.2) is 60.3 Å². The number of unbranched alkanes of at least 4 members (excludes halogenated alkanes) is 1. The highest BCUT2D eigenvalue weighted by Gasteiger charge is 2.27. The van der Waals surface area contributed by atoms with Crippen LogP contribution < -0.4 is 0 Å². The Morgan fingerprint density at radius 1 is 1.00 bits per heavy atom. The van der Waals surface area contributed by atoms with Gasteiger partial charge in [0.15, 0.2) is 0 Å². The number of ether oxygens (including phenoxy) is 1. The molecule has 0 aromatic heterocycles. The fourth-order valence-electron chi connectivity index (χ4n) is 3.39. The molecule has 1 saturated carbocycles. The van der Waals surface area contributed by atoms with Crippen LogP contribution in [0, 0.1) is 5.92 Å². The summed E-state index contributed by atoms with van der Waals surface area (Å²) in [7, 11) is -5.27. The summed E-state index contributed by atoms with van der Waals surface area (Å²) >= 11 is 5.84. The molecule has 0 heterocycles. The van der Waals surface area contributed by atoms with Gasteiger partial charge in [0.25, 0.3) is 10.1 Å². The standard InChI is InChI=1S/C19H30ClNO6S2/c1-21(29(24,25)19-11-7-17(20)8-12-19)15-16-5-9-18(10-6-16)26-13-3-4-14-27-28(2,22)23/h7-8,11-12,16,18H,3-6,9-10,13-15H2,1-2H3/t16-,18-. The lowest BCUT2D eigenvalue weighted by Gasteiger charge is -2.31. The molecule has 1 aromatic carbocycles. The minimum atomic E-state index is -3.51. The number of rotatable bonds is 11. The molecule has 7 nitrogen and oxygen atoms in total. The monoisotopic (exact) mass is 467 g/mol. The summed E-state index contributed by atoms with van der Waals surface area (Å²) in [6.45, 7) is 1.25. The third-order valence-electron chi connectivity index (χ3n) is 5.02. The second-order valence-electron chi connectivity index (χ2n) is 7.49. The molecule has 0 bridgehead atoms. The lowest BCUT2D eigenvalue weighted by atomic mass is 9.87. The van der Waals surface area contributed by atoms with Gasteiger partial charge in [-0.25, -0.2) is 12.7 Å². The average Bonchev–Trinajstić information content (AvgIpc) is 2.65. The highest BCUT2D eigenvalue weighted by molar-refractivity contribution is 7.89. The van der Waals surface area contributed by atoms with Gasteiger partial charge >= 0.3 is 0 Å². The first-order valence-electron chi connectivity index (χ1n) is 9.76. The molecule has 1 aliphatic carbocycles. The summed E-state index contributed by atoms with van der Waals surface area (Å²) in [4.78, 5) is 0.251. The maximum atomic E-state index is 12.7. The Morgan fingerprint density at radius 2 is 1.59 bits per heavy atom. The predicted molar refractivity (Wildman–Crippen MR) is 113 cm³/mol. The van der Waals surface area contributed by atoms with Crippen molar-refractivity contribution in [1.29, 1.82) is 0 Å². The molecule has 0 radical (unpaired) electrons. The third kappa shape index (κ3) is 8.51. The van der Waals surface area contributed by atoms with E-state index in [0.717, 1.165) is 38.4 Å². The number of hydrogen-bond acceptors (Lipinski definition) is 6.